The number of hydrogen-bond acceptors (Lipinski definition) is 3. The van der Waals surface area contributed by atoms with Crippen LogP contribution in [0.5, 0.6) is 0 Å². The summed E-state index contributed by atoms with van der Waals surface area (Å²) >= 11 is 0. The first kappa shape index (κ1) is 17.7. The minimum Gasteiger partial charge on any atom is -0.326 e. The van der Waals surface area contributed by atoms with Crippen molar-refractivity contribution in [1.29, 1.82) is 0 Å². The Morgan fingerprint density at radius 2 is 1.85 bits per heavy atom. The summed E-state index contributed by atoms with van der Waals surface area (Å²) in [5, 5.41) is 2.90. The van der Waals surface area contributed by atoms with Crippen molar-refractivity contribution in [2.24, 2.45) is 0 Å². The monoisotopic (exact) mass is 363 g/mol. The number of aryl methyl sites for hydroxylation is 1. The van der Waals surface area contributed by atoms with E-state index in [0.717, 1.165) is 62.2 Å². The highest BCUT2D eigenvalue weighted by Crippen LogP contribution is 2.30. The maximum absolute atomic E-state index is 11.8. The molecule has 27 heavy (non-hydrogen) atoms. The molecule has 0 spiro atoms. The Morgan fingerprint density at radius 1 is 1.07 bits per heavy atom. The van der Waals surface area contributed by atoms with Crippen LogP contribution in [-0.2, 0) is 22.6 Å². The molecule has 0 saturated carbocycles. The van der Waals surface area contributed by atoms with Gasteiger partial charge in [0, 0.05) is 43.5 Å². The lowest BCUT2D eigenvalue weighted by Gasteiger charge is -2.37. The van der Waals surface area contributed by atoms with Crippen LogP contribution in [0.15, 0.2) is 48.5 Å². The molecule has 0 aromatic heterocycles. The van der Waals surface area contributed by atoms with Gasteiger partial charge in [-0.1, -0.05) is 30.3 Å². The van der Waals surface area contributed by atoms with Crippen molar-refractivity contribution in [1.82, 2.24) is 4.90 Å². The second-order valence-corrected chi connectivity index (χ2v) is 7.40. The molecule has 1 fully saturated rings. The van der Waals surface area contributed by atoms with Gasteiger partial charge in [0.25, 0.3) is 0 Å². The van der Waals surface area contributed by atoms with Crippen LogP contribution in [0.2, 0.25) is 0 Å². The van der Waals surface area contributed by atoms with E-state index >= 15 is 0 Å². The van der Waals surface area contributed by atoms with Crippen molar-refractivity contribution in [2.75, 3.05) is 23.3 Å². The summed E-state index contributed by atoms with van der Waals surface area (Å²) in [6, 6.07) is 16.7. The van der Waals surface area contributed by atoms with Gasteiger partial charge in [-0.3, -0.25) is 14.5 Å². The van der Waals surface area contributed by atoms with E-state index in [1.54, 1.807) is 0 Å². The molecule has 5 heteroatoms. The van der Waals surface area contributed by atoms with Gasteiger partial charge in [-0.05, 0) is 48.6 Å². The van der Waals surface area contributed by atoms with Gasteiger partial charge in [0.1, 0.15) is 0 Å². The molecule has 0 unspecified atom stereocenters. The molecule has 0 aliphatic carbocycles. The third kappa shape index (κ3) is 4.03. The van der Waals surface area contributed by atoms with Gasteiger partial charge >= 0.3 is 0 Å². The Bertz CT molecular complexity index is 814. The van der Waals surface area contributed by atoms with Crippen LogP contribution >= 0.6 is 0 Å². The Hall–Kier alpha value is -2.66. The fraction of sp³-hybridized carbons (Fsp3) is 0.364. The van der Waals surface area contributed by atoms with Gasteiger partial charge in [-0.2, -0.15) is 0 Å². The van der Waals surface area contributed by atoms with E-state index in [2.05, 4.69) is 40.5 Å². The van der Waals surface area contributed by atoms with E-state index in [-0.39, 0.29) is 11.9 Å². The smallest absolute Gasteiger partial charge is 0.224 e. The maximum atomic E-state index is 11.8. The highest BCUT2D eigenvalue weighted by atomic mass is 16.1. The fourth-order valence-electron chi connectivity index (χ4n) is 4.09. The Balaban J connectivity index is 1.41. The highest BCUT2D eigenvalue weighted by molar-refractivity contribution is 5.94. The molecule has 1 saturated heterocycles. The number of nitrogens with one attached hydrogen (secondary N) is 1. The van der Waals surface area contributed by atoms with Crippen LogP contribution in [0.3, 0.4) is 0 Å². The Labute approximate surface area is 160 Å². The summed E-state index contributed by atoms with van der Waals surface area (Å²) in [6.07, 6.45) is 4.14. The zero-order valence-electron chi connectivity index (χ0n) is 15.4. The molecular formula is C22H25N3O2. The molecule has 2 aromatic carbocycles. The summed E-state index contributed by atoms with van der Waals surface area (Å²) in [7, 11) is 0. The third-order valence-corrected chi connectivity index (χ3v) is 5.60. The molecule has 4 rings (SSSR count). The molecule has 0 radical (unpaired) electrons. The SMILES string of the molecule is O=CN(c1ccc2c(c1)CCC(=O)N2)C1CCN(Cc2ccccc2)CC1. The van der Waals surface area contributed by atoms with Gasteiger partial charge in [0.15, 0.2) is 0 Å². The lowest BCUT2D eigenvalue weighted by Crippen LogP contribution is -2.44. The predicted octanol–water partition coefficient (Wildman–Crippen LogP) is 3.20. The van der Waals surface area contributed by atoms with Gasteiger partial charge in [-0.25, -0.2) is 0 Å². The number of hydrogen-bond donors (Lipinski definition) is 1. The normalized spacial score (nSPS) is 17.9. The van der Waals surface area contributed by atoms with Crippen LogP contribution in [0, 0.1) is 0 Å². The largest absolute Gasteiger partial charge is 0.326 e. The average Bonchev–Trinajstić information content (AvgIpc) is 2.71. The fourth-order valence-corrected chi connectivity index (χ4v) is 4.09. The molecule has 2 amide bonds. The van der Waals surface area contributed by atoms with Gasteiger partial charge in [0.05, 0.1) is 0 Å². The first-order valence-corrected chi connectivity index (χ1v) is 9.65. The van der Waals surface area contributed by atoms with E-state index in [9.17, 15) is 9.59 Å². The summed E-state index contributed by atoms with van der Waals surface area (Å²) in [6.45, 7) is 2.95. The predicted molar refractivity (Wildman–Crippen MR) is 107 cm³/mol. The van der Waals surface area contributed by atoms with E-state index in [0.29, 0.717) is 6.42 Å². The summed E-state index contributed by atoms with van der Waals surface area (Å²) in [5.41, 5.74) is 4.25. The van der Waals surface area contributed by atoms with Gasteiger partial charge in [-0.15, -0.1) is 0 Å². The summed E-state index contributed by atoms with van der Waals surface area (Å²) in [4.78, 5) is 27.7. The number of piperidine rings is 1. The number of benzene rings is 2. The number of fused-ring (bicyclic) bond motifs is 1. The zero-order chi connectivity index (χ0) is 18.6. The lowest BCUT2D eigenvalue weighted by atomic mass is 9.99. The molecular weight excluding hydrogens is 338 g/mol. The van der Waals surface area contributed by atoms with E-state index in [1.807, 2.05) is 23.1 Å². The van der Waals surface area contributed by atoms with Crippen molar-refractivity contribution < 1.29 is 9.59 Å². The number of likely N-dealkylation sites (tertiary alicyclic amines) is 1. The first-order chi connectivity index (χ1) is 13.2. The molecule has 0 atom stereocenters. The van der Waals surface area contributed by atoms with Crippen molar-refractivity contribution in [3.8, 4) is 0 Å². The molecule has 2 aromatic rings. The maximum Gasteiger partial charge on any atom is 0.224 e. The molecule has 0 bridgehead atoms. The molecule has 140 valence electrons. The van der Waals surface area contributed by atoms with Crippen LogP contribution in [0.1, 0.15) is 30.4 Å². The standard InChI is InChI=1S/C22H25N3O2/c26-16-25(20-7-8-21-18(14-20)6-9-22(27)23-21)19-10-12-24(13-11-19)15-17-4-2-1-3-5-17/h1-5,7-8,14,16,19H,6,9-13,15H2,(H,23,27). The number of amides is 2. The number of rotatable bonds is 5. The Kier molecular flexibility index (Phi) is 5.21. The van der Waals surface area contributed by atoms with Gasteiger partial charge < -0.3 is 10.2 Å². The third-order valence-electron chi connectivity index (χ3n) is 5.60. The highest BCUT2D eigenvalue weighted by Gasteiger charge is 2.26. The van der Waals surface area contributed by atoms with E-state index in [1.165, 1.54) is 5.56 Å². The van der Waals surface area contributed by atoms with Crippen LogP contribution in [-0.4, -0.2) is 36.3 Å². The van der Waals surface area contributed by atoms with Gasteiger partial charge in [0.2, 0.25) is 12.3 Å². The minimum atomic E-state index is 0.0632. The van der Waals surface area contributed by atoms with Crippen LogP contribution in [0.25, 0.3) is 0 Å². The summed E-state index contributed by atoms with van der Waals surface area (Å²) in [5.74, 6) is 0.0632. The van der Waals surface area contributed by atoms with E-state index in [4.69, 9.17) is 0 Å². The zero-order valence-corrected chi connectivity index (χ0v) is 15.4. The quantitative estimate of drug-likeness (QED) is 0.830. The molecule has 2 aliphatic heterocycles. The van der Waals surface area contributed by atoms with Crippen molar-refractivity contribution in [3.05, 3.63) is 59.7 Å². The Morgan fingerprint density at radius 3 is 2.59 bits per heavy atom. The van der Waals surface area contributed by atoms with Crippen molar-refractivity contribution >= 4 is 23.7 Å². The van der Waals surface area contributed by atoms with Crippen molar-refractivity contribution in [3.63, 3.8) is 0 Å². The minimum absolute atomic E-state index is 0.0632. The van der Waals surface area contributed by atoms with Crippen molar-refractivity contribution in [2.45, 2.75) is 38.3 Å². The first-order valence-electron chi connectivity index (χ1n) is 9.65. The number of anilines is 2. The topological polar surface area (TPSA) is 52.7 Å². The lowest BCUT2D eigenvalue weighted by molar-refractivity contribution is -0.116. The average molecular weight is 363 g/mol. The summed E-state index contributed by atoms with van der Waals surface area (Å²) < 4.78 is 0. The number of carbonyl (C=O) groups is 2. The second kappa shape index (κ2) is 7.92. The molecule has 5 nitrogen and oxygen atoms in total. The molecule has 2 aliphatic rings. The van der Waals surface area contributed by atoms with Crippen LogP contribution in [0.4, 0.5) is 11.4 Å². The number of carbonyl (C=O) groups excluding carboxylic acids is 2. The van der Waals surface area contributed by atoms with Crippen LogP contribution < -0.4 is 10.2 Å². The van der Waals surface area contributed by atoms with E-state index < -0.39 is 0 Å². The molecule has 2 heterocycles. The number of nitrogens with zero attached hydrogens (tertiary/aromatic N) is 2. The second-order valence-electron chi connectivity index (χ2n) is 7.40. The molecule has 1 N–H and O–H groups in total.